The molecule has 212 valence electrons. The topological polar surface area (TPSA) is 165 Å². The van der Waals surface area contributed by atoms with Gasteiger partial charge in [0.2, 0.25) is 10.0 Å². The first-order chi connectivity index (χ1) is 19.0. The van der Waals surface area contributed by atoms with Gasteiger partial charge in [0.25, 0.3) is 5.91 Å². The van der Waals surface area contributed by atoms with Crippen molar-refractivity contribution in [3.63, 3.8) is 0 Å². The lowest BCUT2D eigenvalue weighted by atomic mass is 9.93. The number of nitrogens with one attached hydrogen (secondary N) is 2. The normalized spacial score (nSPS) is 20.1. The predicted molar refractivity (Wildman–Crippen MR) is 149 cm³/mol. The minimum Gasteiger partial charge on any atom is -0.480 e. The fraction of sp³-hybridized carbons (Fsp3) is 0.481. The van der Waals surface area contributed by atoms with E-state index < -0.39 is 27.7 Å². The van der Waals surface area contributed by atoms with Gasteiger partial charge in [-0.15, -0.1) is 0 Å². The lowest BCUT2D eigenvalue weighted by Crippen LogP contribution is -2.41. The van der Waals surface area contributed by atoms with Crippen molar-refractivity contribution in [2.75, 3.05) is 58.4 Å². The number of amides is 1. The van der Waals surface area contributed by atoms with Gasteiger partial charge in [-0.3, -0.25) is 14.3 Å². The Labute approximate surface area is 233 Å². The Kier molecular flexibility index (Phi) is 7.57. The molecule has 0 unspecified atom stereocenters. The molecule has 3 fully saturated rings. The molecule has 12 nitrogen and oxygen atoms in total. The van der Waals surface area contributed by atoms with Gasteiger partial charge >= 0.3 is 5.97 Å². The molecule has 2 saturated heterocycles. The lowest BCUT2D eigenvalue weighted by molar-refractivity contribution is -0.134. The van der Waals surface area contributed by atoms with Gasteiger partial charge in [-0.05, 0) is 68.4 Å². The Morgan fingerprint density at radius 2 is 1.90 bits per heavy atom. The highest BCUT2D eigenvalue weighted by molar-refractivity contribution is 7.93. The molecule has 1 aromatic heterocycles. The van der Waals surface area contributed by atoms with E-state index in [1.807, 2.05) is 11.8 Å². The molecular formula is C27H32N6O6S. The zero-order valence-electron chi connectivity index (χ0n) is 22.2. The van der Waals surface area contributed by atoms with E-state index in [1.165, 1.54) is 31.0 Å². The number of ether oxygens (including phenoxy) is 1. The van der Waals surface area contributed by atoms with Gasteiger partial charge in [-0.1, -0.05) is 0 Å². The Morgan fingerprint density at radius 3 is 2.55 bits per heavy atom. The van der Waals surface area contributed by atoms with Crippen molar-refractivity contribution in [2.45, 2.75) is 38.7 Å². The molecule has 1 spiro atoms. The van der Waals surface area contributed by atoms with Crippen LogP contribution >= 0.6 is 0 Å². The maximum Gasteiger partial charge on any atom is 0.320 e. The molecule has 3 aliphatic rings. The van der Waals surface area contributed by atoms with Gasteiger partial charge in [-0.2, -0.15) is 5.26 Å². The highest BCUT2D eigenvalue weighted by Crippen LogP contribution is 2.54. The van der Waals surface area contributed by atoms with Gasteiger partial charge in [-0.25, -0.2) is 13.4 Å². The van der Waals surface area contributed by atoms with Crippen LogP contribution in [0.4, 0.5) is 23.0 Å². The van der Waals surface area contributed by atoms with Gasteiger partial charge in [0.1, 0.15) is 11.6 Å². The van der Waals surface area contributed by atoms with Crippen molar-refractivity contribution in [3.05, 3.63) is 41.5 Å². The molecule has 1 saturated carbocycles. The second kappa shape index (κ2) is 10.9. The summed E-state index contributed by atoms with van der Waals surface area (Å²) >= 11 is 0. The zero-order chi connectivity index (χ0) is 28.5. The molecule has 1 aliphatic carbocycles. The molecule has 0 bridgehead atoms. The molecular weight excluding hydrogens is 536 g/mol. The third-order valence-electron chi connectivity index (χ3n) is 7.70. The van der Waals surface area contributed by atoms with Crippen LogP contribution in [0.1, 0.15) is 48.5 Å². The number of aliphatic carboxylic acids is 1. The van der Waals surface area contributed by atoms with Gasteiger partial charge in [0, 0.05) is 26.2 Å². The molecule has 1 amide bonds. The summed E-state index contributed by atoms with van der Waals surface area (Å²) in [6.07, 6.45) is 4.38. The average Bonchev–Trinajstić information content (AvgIpc) is 3.66. The first kappa shape index (κ1) is 27.7. The summed E-state index contributed by atoms with van der Waals surface area (Å²) in [5, 5.41) is 21.4. The first-order valence-corrected chi connectivity index (χ1v) is 14.9. The third kappa shape index (κ3) is 6.46. The maximum absolute atomic E-state index is 13.6. The molecule has 2 aliphatic heterocycles. The molecule has 5 rings (SSSR count). The van der Waals surface area contributed by atoms with Crippen LogP contribution in [-0.2, 0) is 19.6 Å². The SMILES string of the molecule is C[C@@H]1CN(c2cc(C#N)cc(NC(=O)c3ccc(NS(=O)(=O)CC(=O)O)cc3N3CCC4(CC3)CC4)n2)CCO1. The number of benzene rings is 1. The zero-order valence-corrected chi connectivity index (χ0v) is 23.0. The monoisotopic (exact) mass is 568 g/mol. The highest BCUT2D eigenvalue weighted by Gasteiger charge is 2.44. The van der Waals surface area contributed by atoms with Crippen LogP contribution in [0, 0.1) is 16.7 Å². The average molecular weight is 569 g/mol. The number of carboxylic acids is 1. The number of sulfonamides is 1. The predicted octanol–water partition coefficient (Wildman–Crippen LogP) is 2.64. The Bertz CT molecular complexity index is 1460. The standard InChI is InChI=1S/C27H32N6O6S/c1-18-16-33(10-11-39-18)24-13-19(15-28)12-23(29-24)30-26(36)21-3-2-20(31-40(37,38)17-25(34)35)14-22(21)32-8-6-27(4-5-27)7-9-32/h2-3,12-14,18,31H,4-11,16-17H2,1H3,(H,34,35)(H,29,30,36)/t18-/m1/s1. The van der Waals surface area contributed by atoms with E-state index in [0.29, 0.717) is 60.8 Å². The summed E-state index contributed by atoms with van der Waals surface area (Å²) < 4.78 is 32.4. The van der Waals surface area contributed by atoms with Gasteiger partial charge in [0.15, 0.2) is 5.75 Å². The van der Waals surface area contributed by atoms with Crippen molar-refractivity contribution in [1.29, 1.82) is 5.26 Å². The highest BCUT2D eigenvalue weighted by atomic mass is 32.2. The molecule has 2 aromatic rings. The summed E-state index contributed by atoms with van der Waals surface area (Å²) in [5.74, 6) is -2.19. The van der Waals surface area contributed by atoms with E-state index in [1.54, 1.807) is 12.1 Å². The summed E-state index contributed by atoms with van der Waals surface area (Å²) in [6.45, 7) is 5.14. The largest absolute Gasteiger partial charge is 0.480 e. The second-order valence-corrected chi connectivity index (χ2v) is 12.5. The van der Waals surface area contributed by atoms with Crippen LogP contribution in [0.5, 0.6) is 0 Å². The molecule has 1 atom stereocenters. The van der Waals surface area contributed by atoms with Crippen molar-refractivity contribution in [1.82, 2.24) is 4.98 Å². The second-order valence-electron chi connectivity index (χ2n) is 10.8. The summed E-state index contributed by atoms with van der Waals surface area (Å²) in [7, 11) is -4.12. The minimum absolute atomic E-state index is 0.00708. The summed E-state index contributed by atoms with van der Waals surface area (Å²) in [4.78, 5) is 33.2. The molecule has 40 heavy (non-hydrogen) atoms. The number of piperidine rings is 1. The lowest BCUT2D eigenvalue weighted by Gasteiger charge is -2.35. The smallest absolute Gasteiger partial charge is 0.320 e. The van der Waals surface area contributed by atoms with E-state index in [4.69, 9.17) is 9.84 Å². The Hall–Kier alpha value is -3.89. The van der Waals surface area contributed by atoms with Crippen molar-refractivity contribution >= 4 is 44.9 Å². The third-order valence-corrected chi connectivity index (χ3v) is 8.87. The quantitative estimate of drug-likeness (QED) is 0.431. The van der Waals surface area contributed by atoms with Crippen molar-refractivity contribution in [2.24, 2.45) is 5.41 Å². The van der Waals surface area contributed by atoms with E-state index >= 15 is 0 Å². The summed E-state index contributed by atoms with van der Waals surface area (Å²) in [5.41, 5.74) is 1.77. The van der Waals surface area contributed by atoms with E-state index in [9.17, 15) is 23.3 Å². The number of carbonyl (C=O) groups excluding carboxylic acids is 1. The number of morpholine rings is 1. The van der Waals surface area contributed by atoms with Crippen LogP contribution in [0.3, 0.4) is 0 Å². The number of rotatable bonds is 8. The minimum atomic E-state index is -4.12. The fourth-order valence-corrected chi connectivity index (χ4v) is 6.23. The molecule has 0 radical (unpaired) electrons. The molecule has 3 N–H and O–H groups in total. The van der Waals surface area contributed by atoms with Crippen LogP contribution in [-0.4, -0.2) is 75.0 Å². The summed E-state index contributed by atoms with van der Waals surface area (Å²) in [6, 6.07) is 9.84. The first-order valence-electron chi connectivity index (χ1n) is 13.3. The maximum atomic E-state index is 13.6. The number of hydrogen-bond acceptors (Lipinski definition) is 9. The van der Waals surface area contributed by atoms with E-state index in [2.05, 4.69) is 26.0 Å². The number of nitriles is 1. The van der Waals surface area contributed by atoms with Crippen molar-refractivity contribution in [3.8, 4) is 6.07 Å². The Morgan fingerprint density at radius 1 is 1.15 bits per heavy atom. The van der Waals surface area contributed by atoms with Gasteiger partial charge in [0.05, 0.1) is 41.3 Å². The fourth-order valence-electron chi connectivity index (χ4n) is 5.34. The number of nitrogens with zero attached hydrogens (tertiary/aromatic N) is 4. The number of carboxylic acid groups (broad SMARTS) is 1. The van der Waals surface area contributed by atoms with Gasteiger partial charge < -0.3 is 25.0 Å². The number of hydrogen-bond donors (Lipinski definition) is 3. The van der Waals surface area contributed by atoms with Crippen molar-refractivity contribution < 1.29 is 27.9 Å². The van der Waals surface area contributed by atoms with Crippen LogP contribution in [0.25, 0.3) is 0 Å². The Balaban J connectivity index is 1.42. The van der Waals surface area contributed by atoms with Crippen LogP contribution in [0.15, 0.2) is 30.3 Å². The van der Waals surface area contributed by atoms with Crippen LogP contribution in [0.2, 0.25) is 0 Å². The number of carbonyl (C=O) groups is 2. The number of aromatic nitrogens is 1. The molecule has 1 aromatic carbocycles. The van der Waals surface area contributed by atoms with Crippen LogP contribution < -0.4 is 19.8 Å². The molecule has 13 heteroatoms. The molecule has 3 heterocycles. The number of anilines is 4. The number of pyridine rings is 1. The van der Waals surface area contributed by atoms with E-state index in [-0.39, 0.29) is 17.6 Å². The van der Waals surface area contributed by atoms with E-state index in [0.717, 1.165) is 12.8 Å².